The molecule has 1 aliphatic carbocycles. The van der Waals surface area contributed by atoms with Crippen LogP contribution in [0.4, 0.5) is 0 Å². The number of hydrogen-bond donors (Lipinski definition) is 2. The molecule has 0 radical (unpaired) electrons. The fraction of sp³-hybridized carbons (Fsp3) is 0.343. The highest BCUT2D eigenvalue weighted by atomic mass is 16.5. The van der Waals surface area contributed by atoms with Crippen molar-refractivity contribution >= 4 is 46.2 Å². The zero-order valence-electron chi connectivity index (χ0n) is 26.6. The van der Waals surface area contributed by atoms with Crippen molar-refractivity contribution in [3.05, 3.63) is 70.0 Å². The van der Waals surface area contributed by atoms with Crippen LogP contribution in [-0.4, -0.2) is 69.3 Å². The number of fused-ring (bicyclic) bond motifs is 5. The summed E-state index contributed by atoms with van der Waals surface area (Å²) in [5.41, 5.74) is 6.85. The lowest BCUT2D eigenvalue weighted by Crippen LogP contribution is -2.42. The number of amides is 3. The number of nitrogens with one attached hydrogen (secondary N) is 1. The number of carbonyl (C=O) groups excluding carboxylic acids is 3. The summed E-state index contributed by atoms with van der Waals surface area (Å²) in [6.45, 7) is 1.99. The first kappa shape index (κ1) is 30.8. The normalized spacial score (nSPS) is 14.6. The van der Waals surface area contributed by atoms with Crippen molar-refractivity contribution in [1.82, 2.24) is 24.6 Å². The number of allylic oxidation sites excluding steroid dienone is 1. The van der Waals surface area contributed by atoms with E-state index in [1.807, 2.05) is 30.3 Å². The number of benzene rings is 2. The number of nitrogens with zero attached hydrogens (tertiary/aromatic N) is 4. The molecule has 1 fully saturated rings. The summed E-state index contributed by atoms with van der Waals surface area (Å²) in [7, 11) is 6.24. The highest BCUT2D eigenvalue weighted by Crippen LogP contribution is 2.48. The predicted octanol–water partition coefficient (Wildman–Crippen LogP) is 5.00. The van der Waals surface area contributed by atoms with E-state index < -0.39 is 23.7 Å². The minimum atomic E-state index is -1.06. The summed E-state index contributed by atoms with van der Waals surface area (Å²) in [4.78, 5) is 51.5. The van der Waals surface area contributed by atoms with Crippen LogP contribution in [0.5, 0.6) is 5.75 Å². The van der Waals surface area contributed by atoms with Gasteiger partial charge in [-0.2, -0.15) is 5.10 Å². The molecule has 2 aromatic carbocycles. The van der Waals surface area contributed by atoms with Crippen LogP contribution in [0.2, 0.25) is 0 Å². The summed E-state index contributed by atoms with van der Waals surface area (Å²) >= 11 is 0. The van der Waals surface area contributed by atoms with Gasteiger partial charge in [0.05, 0.1) is 30.7 Å². The maximum atomic E-state index is 13.3. The van der Waals surface area contributed by atoms with Gasteiger partial charge in [-0.25, -0.2) is 4.79 Å². The topological polar surface area (TPSA) is 136 Å². The molecule has 4 aromatic rings. The van der Waals surface area contributed by atoms with Gasteiger partial charge in [-0.05, 0) is 78.8 Å². The molecule has 6 rings (SSSR count). The molecule has 2 N–H and O–H groups in total. The Balaban J connectivity index is 1.61. The maximum Gasteiger partial charge on any atom is 0.339 e. The molecule has 2 aliphatic rings. The number of aromatic nitrogens is 3. The molecule has 11 nitrogen and oxygen atoms in total. The first-order valence-electron chi connectivity index (χ1n) is 15.4. The van der Waals surface area contributed by atoms with Crippen LogP contribution in [0.3, 0.4) is 0 Å². The van der Waals surface area contributed by atoms with Gasteiger partial charge in [0.1, 0.15) is 11.3 Å². The molecule has 238 valence electrons. The summed E-state index contributed by atoms with van der Waals surface area (Å²) in [6.07, 6.45) is 7.50. The minimum absolute atomic E-state index is 0.134. The number of likely N-dealkylation sites (N-methyl/N-ethyl adjacent to an activating group) is 1. The number of aromatic carboxylic acids is 1. The average molecular weight is 624 g/mol. The molecule has 0 spiro atoms. The van der Waals surface area contributed by atoms with Gasteiger partial charge in [-0.3, -0.25) is 24.4 Å². The molecule has 0 unspecified atom stereocenters. The number of ether oxygens (including phenoxy) is 1. The van der Waals surface area contributed by atoms with E-state index in [1.165, 1.54) is 26.1 Å². The number of carboxylic acid groups (broad SMARTS) is 1. The van der Waals surface area contributed by atoms with E-state index >= 15 is 0 Å². The molecule has 11 heteroatoms. The third kappa shape index (κ3) is 5.25. The second-order valence-corrected chi connectivity index (χ2v) is 12.3. The van der Waals surface area contributed by atoms with Crippen LogP contribution in [0.25, 0.3) is 33.8 Å². The average Bonchev–Trinajstić information content (AvgIpc) is 3.46. The summed E-state index contributed by atoms with van der Waals surface area (Å²) in [6, 6.07) is 11.3. The Morgan fingerprint density at radius 3 is 2.43 bits per heavy atom. The van der Waals surface area contributed by atoms with Crippen molar-refractivity contribution in [2.24, 2.45) is 7.05 Å². The van der Waals surface area contributed by atoms with Crippen LogP contribution in [0.15, 0.2) is 36.4 Å². The predicted molar refractivity (Wildman–Crippen MR) is 174 cm³/mol. The SMILES string of the molecule is COc1ccc2c(c1)C=C(c1c(C(=O)O)c(C)nn1C)Cn1c-2c(C2CCCCC2)c2ccc(C(=O)NC(=O)C(=O)N(C)C)cc21. The summed E-state index contributed by atoms with van der Waals surface area (Å²) in [5.74, 6) is -2.61. The Morgan fingerprint density at radius 1 is 1.02 bits per heavy atom. The second kappa shape index (κ2) is 12.0. The van der Waals surface area contributed by atoms with Crippen LogP contribution < -0.4 is 10.1 Å². The Kier molecular flexibility index (Phi) is 8.01. The number of aryl methyl sites for hydroxylation is 2. The number of hydrogen-bond acceptors (Lipinski definition) is 6. The highest BCUT2D eigenvalue weighted by molar-refractivity contribution is 6.38. The zero-order chi connectivity index (χ0) is 32.9. The van der Waals surface area contributed by atoms with Gasteiger partial charge in [-0.1, -0.05) is 25.3 Å². The largest absolute Gasteiger partial charge is 0.497 e. The molecule has 2 aromatic heterocycles. The van der Waals surface area contributed by atoms with Crippen LogP contribution in [-0.2, 0) is 23.2 Å². The second-order valence-electron chi connectivity index (χ2n) is 12.3. The molecule has 46 heavy (non-hydrogen) atoms. The summed E-state index contributed by atoms with van der Waals surface area (Å²) in [5, 5.41) is 17.9. The van der Waals surface area contributed by atoms with E-state index in [9.17, 15) is 24.3 Å². The van der Waals surface area contributed by atoms with E-state index in [1.54, 1.807) is 37.9 Å². The molecule has 1 saturated carbocycles. The fourth-order valence-electron chi connectivity index (χ4n) is 7.04. The van der Waals surface area contributed by atoms with Crippen molar-refractivity contribution in [2.45, 2.75) is 51.5 Å². The Morgan fingerprint density at radius 2 is 1.76 bits per heavy atom. The molecule has 1 aliphatic heterocycles. The standard InChI is InChI=1S/C35H37N5O6/c1-19-28(35(44)45)30(39(4)37-19)23-15-22-16-24(46-5)12-14-25(22)31-29(20-9-7-6-8-10-20)26-13-11-21(17-27(26)40(31)18-23)32(41)36-33(42)34(43)38(2)3/h11-17,20H,6-10,18H2,1-5H3,(H,44,45)(H,36,41,42). The van der Waals surface area contributed by atoms with E-state index in [0.717, 1.165) is 63.9 Å². The molecule has 3 amide bonds. The Labute approximate surface area is 266 Å². The van der Waals surface area contributed by atoms with E-state index in [0.29, 0.717) is 23.7 Å². The lowest BCUT2D eigenvalue weighted by atomic mass is 9.81. The van der Waals surface area contributed by atoms with Gasteiger partial charge in [0.15, 0.2) is 0 Å². The van der Waals surface area contributed by atoms with Crippen molar-refractivity contribution in [2.75, 3.05) is 21.2 Å². The van der Waals surface area contributed by atoms with E-state index in [2.05, 4.69) is 15.0 Å². The van der Waals surface area contributed by atoms with Gasteiger partial charge in [0.25, 0.3) is 5.91 Å². The third-order valence-electron chi connectivity index (χ3n) is 9.12. The number of methoxy groups -OCH3 is 1. The summed E-state index contributed by atoms with van der Waals surface area (Å²) < 4.78 is 9.36. The molecule has 3 heterocycles. The van der Waals surface area contributed by atoms with Gasteiger partial charge < -0.3 is 19.3 Å². The Bertz CT molecular complexity index is 1960. The van der Waals surface area contributed by atoms with Gasteiger partial charge in [0.2, 0.25) is 0 Å². The van der Waals surface area contributed by atoms with Crippen LogP contribution in [0.1, 0.15) is 81.3 Å². The monoisotopic (exact) mass is 623 g/mol. The van der Waals surface area contributed by atoms with Gasteiger partial charge >= 0.3 is 17.8 Å². The quantitative estimate of drug-likeness (QED) is 0.299. The van der Waals surface area contributed by atoms with Crippen molar-refractivity contribution < 1.29 is 29.0 Å². The van der Waals surface area contributed by atoms with E-state index in [4.69, 9.17) is 4.74 Å². The first-order chi connectivity index (χ1) is 22.0. The maximum absolute atomic E-state index is 13.3. The van der Waals surface area contributed by atoms with Crippen molar-refractivity contribution in [1.29, 1.82) is 0 Å². The van der Waals surface area contributed by atoms with Crippen LogP contribution >= 0.6 is 0 Å². The first-order valence-corrected chi connectivity index (χ1v) is 15.4. The lowest BCUT2D eigenvalue weighted by Gasteiger charge is -2.24. The Hall–Kier alpha value is -5.19. The molecule has 0 bridgehead atoms. The number of imide groups is 1. The zero-order valence-corrected chi connectivity index (χ0v) is 26.6. The molecular weight excluding hydrogens is 586 g/mol. The minimum Gasteiger partial charge on any atom is -0.497 e. The molecular formula is C35H37N5O6. The van der Waals surface area contributed by atoms with Crippen molar-refractivity contribution in [3.8, 4) is 17.0 Å². The lowest BCUT2D eigenvalue weighted by molar-refractivity contribution is -0.143. The van der Waals surface area contributed by atoms with Gasteiger partial charge in [0, 0.05) is 43.2 Å². The van der Waals surface area contributed by atoms with E-state index in [-0.39, 0.29) is 17.0 Å². The van der Waals surface area contributed by atoms with Crippen molar-refractivity contribution in [3.63, 3.8) is 0 Å². The van der Waals surface area contributed by atoms with Crippen LogP contribution in [0, 0.1) is 6.92 Å². The molecule has 0 atom stereocenters. The van der Waals surface area contributed by atoms with Gasteiger partial charge in [-0.15, -0.1) is 0 Å². The number of rotatable bonds is 5. The highest BCUT2D eigenvalue weighted by Gasteiger charge is 2.32. The number of carbonyl (C=O) groups is 4. The third-order valence-corrected chi connectivity index (χ3v) is 9.12. The fourth-order valence-corrected chi connectivity index (χ4v) is 7.04. The number of carboxylic acids is 1. The molecule has 0 saturated heterocycles. The smallest absolute Gasteiger partial charge is 0.339 e.